The first-order valence-electron chi connectivity index (χ1n) is 7.04. The Morgan fingerprint density at radius 3 is 2.39 bits per heavy atom. The van der Waals surface area contributed by atoms with Crippen LogP contribution in [0.5, 0.6) is 0 Å². The molecule has 23 heavy (non-hydrogen) atoms. The van der Waals surface area contributed by atoms with Crippen LogP contribution >= 0.6 is 11.6 Å². The predicted molar refractivity (Wildman–Crippen MR) is 89.6 cm³/mol. The van der Waals surface area contributed by atoms with E-state index < -0.39 is 18.0 Å². The van der Waals surface area contributed by atoms with Crippen LogP contribution in [0.25, 0.3) is 0 Å². The summed E-state index contributed by atoms with van der Waals surface area (Å²) in [6, 6.07) is 14.9. The molecule has 0 bridgehead atoms. The van der Waals surface area contributed by atoms with E-state index >= 15 is 0 Å². The molecule has 0 aliphatic rings. The summed E-state index contributed by atoms with van der Waals surface area (Å²) in [6.07, 6.45) is 0.337. The summed E-state index contributed by atoms with van der Waals surface area (Å²) >= 11 is 5.99. The molecule has 0 aliphatic heterocycles. The summed E-state index contributed by atoms with van der Waals surface area (Å²) in [4.78, 5) is 24.0. The summed E-state index contributed by atoms with van der Waals surface area (Å²) < 4.78 is 4.75. The monoisotopic (exact) mass is 332 g/mol. The fourth-order valence-electron chi connectivity index (χ4n) is 2.06. The van der Waals surface area contributed by atoms with Crippen LogP contribution in [0, 0.1) is 0 Å². The van der Waals surface area contributed by atoms with Crippen molar-refractivity contribution >= 4 is 29.3 Å². The Morgan fingerprint density at radius 2 is 1.74 bits per heavy atom. The number of rotatable bonds is 5. The number of amides is 2. The molecule has 0 aliphatic carbocycles. The number of hydrogen-bond acceptors (Lipinski definition) is 3. The van der Waals surface area contributed by atoms with Crippen molar-refractivity contribution in [1.82, 2.24) is 5.32 Å². The number of nitrogens with one attached hydrogen (secondary N) is 2. The molecule has 2 amide bonds. The first kappa shape index (κ1) is 16.8. The van der Waals surface area contributed by atoms with E-state index in [2.05, 4.69) is 10.6 Å². The average molecular weight is 333 g/mol. The third-order valence-corrected chi connectivity index (χ3v) is 3.53. The molecular weight excluding hydrogens is 316 g/mol. The first-order valence-corrected chi connectivity index (χ1v) is 7.41. The van der Waals surface area contributed by atoms with E-state index in [0.717, 1.165) is 5.56 Å². The normalized spacial score (nSPS) is 11.4. The van der Waals surface area contributed by atoms with Crippen molar-refractivity contribution in [3.63, 3.8) is 0 Å². The minimum absolute atomic E-state index is 0.337. The lowest BCUT2D eigenvalue weighted by Crippen LogP contribution is -2.45. The molecule has 6 heteroatoms. The number of benzene rings is 2. The van der Waals surface area contributed by atoms with E-state index in [1.807, 2.05) is 30.3 Å². The lowest BCUT2D eigenvalue weighted by Gasteiger charge is -2.17. The van der Waals surface area contributed by atoms with E-state index in [-0.39, 0.29) is 0 Å². The van der Waals surface area contributed by atoms with Gasteiger partial charge in [-0.15, -0.1) is 0 Å². The van der Waals surface area contributed by atoms with Crippen molar-refractivity contribution < 1.29 is 14.3 Å². The van der Waals surface area contributed by atoms with Gasteiger partial charge in [0.1, 0.15) is 6.04 Å². The number of ether oxygens (including phenoxy) is 1. The maximum atomic E-state index is 12.1. The topological polar surface area (TPSA) is 67.4 Å². The number of carbonyl (C=O) groups is 2. The van der Waals surface area contributed by atoms with Gasteiger partial charge in [0.15, 0.2) is 0 Å². The number of carbonyl (C=O) groups excluding carboxylic acids is 2. The summed E-state index contributed by atoms with van der Waals surface area (Å²) in [6.45, 7) is 0. The van der Waals surface area contributed by atoms with Gasteiger partial charge < -0.3 is 15.4 Å². The smallest absolute Gasteiger partial charge is 0.328 e. The van der Waals surface area contributed by atoms with Crippen LogP contribution in [0.1, 0.15) is 5.56 Å². The molecule has 0 aromatic heterocycles. The molecule has 0 fully saturated rings. The van der Waals surface area contributed by atoms with Crippen LogP contribution in [-0.2, 0) is 16.0 Å². The van der Waals surface area contributed by atoms with Gasteiger partial charge >= 0.3 is 12.0 Å². The highest BCUT2D eigenvalue weighted by Crippen LogP contribution is 2.20. The maximum Gasteiger partial charge on any atom is 0.328 e. The molecule has 0 saturated carbocycles. The van der Waals surface area contributed by atoms with E-state index in [0.29, 0.717) is 17.1 Å². The Hall–Kier alpha value is -2.53. The van der Waals surface area contributed by atoms with E-state index in [1.54, 1.807) is 24.3 Å². The standard InChI is InChI=1S/C17H17ClN2O3/c1-23-16(21)15(11-12-7-3-2-4-8-12)20-17(22)19-14-10-6-5-9-13(14)18/h2-10,15H,11H2,1H3,(H2,19,20,22)/t15-/m0/s1. The largest absolute Gasteiger partial charge is 0.467 e. The number of esters is 1. The fourth-order valence-corrected chi connectivity index (χ4v) is 2.25. The van der Waals surface area contributed by atoms with Gasteiger partial charge in [-0.2, -0.15) is 0 Å². The number of para-hydroxylation sites is 1. The Kier molecular flexibility index (Phi) is 6.00. The molecule has 0 radical (unpaired) electrons. The van der Waals surface area contributed by atoms with Crippen molar-refractivity contribution in [2.45, 2.75) is 12.5 Å². The molecule has 0 heterocycles. The van der Waals surface area contributed by atoms with Gasteiger partial charge in [-0.25, -0.2) is 9.59 Å². The maximum absolute atomic E-state index is 12.1. The van der Waals surface area contributed by atoms with Gasteiger partial charge in [-0.3, -0.25) is 0 Å². The van der Waals surface area contributed by atoms with Crippen LogP contribution in [0.3, 0.4) is 0 Å². The number of halogens is 1. The molecule has 1 atom stereocenters. The molecule has 0 unspecified atom stereocenters. The number of urea groups is 1. The van der Waals surface area contributed by atoms with E-state index in [9.17, 15) is 9.59 Å². The zero-order valence-corrected chi connectivity index (χ0v) is 13.3. The van der Waals surface area contributed by atoms with Crippen molar-refractivity contribution in [2.75, 3.05) is 12.4 Å². The molecule has 2 aromatic rings. The quantitative estimate of drug-likeness (QED) is 0.826. The Morgan fingerprint density at radius 1 is 1.09 bits per heavy atom. The lowest BCUT2D eigenvalue weighted by molar-refractivity contribution is -0.142. The second kappa shape index (κ2) is 8.19. The molecular formula is C17H17ClN2O3. The van der Waals surface area contributed by atoms with Gasteiger partial charge in [-0.1, -0.05) is 54.1 Å². The molecule has 0 saturated heterocycles. The Labute approximate surface area is 139 Å². The molecule has 0 spiro atoms. The van der Waals surface area contributed by atoms with Crippen LogP contribution in [0.2, 0.25) is 5.02 Å². The van der Waals surface area contributed by atoms with E-state index in [4.69, 9.17) is 16.3 Å². The van der Waals surface area contributed by atoms with E-state index in [1.165, 1.54) is 7.11 Å². The lowest BCUT2D eigenvalue weighted by atomic mass is 10.1. The molecule has 2 aromatic carbocycles. The Bertz CT molecular complexity index is 677. The first-order chi connectivity index (χ1) is 11.1. The van der Waals surface area contributed by atoms with Gasteiger partial charge in [0.2, 0.25) is 0 Å². The second-order valence-corrected chi connectivity index (χ2v) is 5.25. The van der Waals surface area contributed by atoms with Crippen LogP contribution in [0.15, 0.2) is 54.6 Å². The average Bonchev–Trinajstić information content (AvgIpc) is 2.56. The van der Waals surface area contributed by atoms with Gasteiger partial charge in [-0.05, 0) is 17.7 Å². The van der Waals surface area contributed by atoms with Crippen LogP contribution in [0.4, 0.5) is 10.5 Å². The number of methoxy groups -OCH3 is 1. The summed E-state index contributed by atoms with van der Waals surface area (Å²) in [5, 5.41) is 5.64. The molecule has 2 rings (SSSR count). The summed E-state index contributed by atoms with van der Waals surface area (Å²) in [5.74, 6) is -0.511. The summed E-state index contributed by atoms with van der Waals surface area (Å²) in [5.41, 5.74) is 1.39. The van der Waals surface area contributed by atoms with Crippen LogP contribution < -0.4 is 10.6 Å². The number of hydrogen-bond donors (Lipinski definition) is 2. The summed E-state index contributed by atoms with van der Waals surface area (Å²) in [7, 11) is 1.29. The second-order valence-electron chi connectivity index (χ2n) is 4.84. The zero-order valence-electron chi connectivity index (χ0n) is 12.6. The highest BCUT2D eigenvalue weighted by Gasteiger charge is 2.22. The van der Waals surface area contributed by atoms with Gasteiger partial charge in [0.05, 0.1) is 17.8 Å². The third kappa shape index (κ3) is 5.00. The molecule has 5 nitrogen and oxygen atoms in total. The number of anilines is 1. The van der Waals surface area contributed by atoms with Crippen molar-refractivity contribution in [3.8, 4) is 0 Å². The minimum Gasteiger partial charge on any atom is -0.467 e. The molecule has 120 valence electrons. The third-order valence-electron chi connectivity index (χ3n) is 3.20. The Balaban J connectivity index is 2.04. The SMILES string of the molecule is COC(=O)[C@H](Cc1ccccc1)NC(=O)Nc1ccccc1Cl. The highest BCUT2D eigenvalue weighted by molar-refractivity contribution is 6.33. The van der Waals surface area contributed by atoms with Crippen LogP contribution in [-0.4, -0.2) is 25.2 Å². The molecule has 2 N–H and O–H groups in total. The van der Waals surface area contributed by atoms with Crippen molar-refractivity contribution in [1.29, 1.82) is 0 Å². The fraction of sp³-hybridized carbons (Fsp3) is 0.176. The zero-order chi connectivity index (χ0) is 16.7. The predicted octanol–water partition coefficient (Wildman–Crippen LogP) is 3.25. The highest BCUT2D eigenvalue weighted by atomic mass is 35.5. The van der Waals surface area contributed by atoms with Crippen molar-refractivity contribution in [3.05, 3.63) is 65.2 Å². The minimum atomic E-state index is -0.787. The van der Waals surface area contributed by atoms with Gasteiger partial charge in [0, 0.05) is 6.42 Å². The van der Waals surface area contributed by atoms with Gasteiger partial charge in [0.25, 0.3) is 0 Å². The van der Waals surface area contributed by atoms with Crippen molar-refractivity contribution in [2.24, 2.45) is 0 Å².